The van der Waals surface area contributed by atoms with Gasteiger partial charge in [-0.15, -0.1) is 0 Å². The normalized spacial score (nSPS) is 12.9. The van der Waals surface area contributed by atoms with Crippen molar-refractivity contribution in [2.45, 2.75) is 292 Å². The molecule has 1 aliphatic rings. The topological polar surface area (TPSA) is 65.1 Å². The summed E-state index contributed by atoms with van der Waals surface area (Å²) in [6, 6.07) is 0. The Morgan fingerprint density at radius 2 is 0.705 bits per heavy atom. The van der Waals surface area contributed by atoms with Crippen molar-refractivity contribution in [2.24, 2.45) is 11.8 Å². The third kappa shape index (κ3) is 49.7. The predicted octanol–water partition coefficient (Wildman–Crippen LogP) is 17.2. The summed E-state index contributed by atoms with van der Waals surface area (Å²) in [7, 11) is 0. The predicted molar refractivity (Wildman–Crippen MR) is 267 cm³/mol. The molecular weight excluding hydrogens is 755 g/mol. The van der Waals surface area contributed by atoms with E-state index in [1.54, 1.807) is 0 Å². The summed E-state index contributed by atoms with van der Waals surface area (Å²) < 4.78 is 16.0. The molecule has 0 aliphatic carbocycles. The Bertz CT molecular complexity index is 733. The number of likely N-dealkylation sites (tertiary alicyclic amines) is 1. The van der Waals surface area contributed by atoms with Gasteiger partial charge in [-0.25, -0.2) is 0 Å². The van der Waals surface area contributed by atoms with E-state index in [4.69, 9.17) is 14.2 Å². The van der Waals surface area contributed by atoms with Crippen molar-refractivity contribution in [2.75, 3.05) is 39.5 Å². The van der Waals surface area contributed by atoms with Crippen molar-refractivity contribution in [1.29, 1.82) is 0 Å². The molecule has 0 spiro atoms. The van der Waals surface area contributed by atoms with E-state index in [-0.39, 0.29) is 0 Å². The third-order valence-electron chi connectivity index (χ3n) is 13.0. The van der Waals surface area contributed by atoms with E-state index in [1.165, 1.54) is 251 Å². The molecule has 1 heterocycles. The molecule has 0 atom stereocenters. The summed E-state index contributed by atoms with van der Waals surface area (Å²) in [6.45, 7) is 20.8. The molecule has 1 rings (SSSR count). The third-order valence-corrected chi connectivity index (χ3v) is 13.0. The summed E-state index contributed by atoms with van der Waals surface area (Å²) in [6.07, 6.45) is 51.4. The highest BCUT2D eigenvalue weighted by Crippen LogP contribution is 2.22. The summed E-state index contributed by atoms with van der Waals surface area (Å²) in [4.78, 5) is 22.8. The first-order valence-corrected chi connectivity index (χ1v) is 27.5. The standard InChI is InChI=1S/C27H55NO.2C14H28O2/c1-3-5-7-9-11-13-16-21-27(22-17-14-12-10-8-6-4-2)29-26-20-25-28-23-18-15-19-24-28;2*1-3-5-7-9-14(10-8-6-4-2)11-12-16-13-15/h27H,3-26H2,1-2H3;2*13-14H,3-12H2,1-2H3. The minimum Gasteiger partial charge on any atom is -0.468 e. The average molecular weight is 866 g/mol. The lowest BCUT2D eigenvalue weighted by Gasteiger charge is -2.26. The van der Waals surface area contributed by atoms with Gasteiger partial charge in [-0.1, -0.05) is 241 Å². The molecule has 0 aromatic heterocycles. The van der Waals surface area contributed by atoms with Gasteiger partial charge in [0.15, 0.2) is 0 Å². The van der Waals surface area contributed by atoms with Gasteiger partial charge in [-0.05, 0) is 69.9 Å². The van der Waals surface area contributed by atoms with Gasteiger partial charge in [0.05, 0.1) is 19.3 Å². The van der Waals surface area contributed by atoms with Gasteiger partial charge in [-0.2, -0.15) is 0 Å². The van der Waals surface area contributed by atoms with Gasteiger partial charge >= 0.3 is 0 Å². The zero-order valence-corrected chi connectivity index (χ0v) is 42.5. The van der Waals surface area contributed by atoms with Crippen LogP contribution >= 0.6 is 0 Å². The van der Waals surface area contributed by atoms with Crippen molar-refractivity contribution in [3.05, 3.63) is 0 Å². The molecule has 1 aliphatic heterocycles. The number of piperidine rings is 1. The fourth-order valence-electron chi connectivity index (χ4n) is 8.85. The Morgan fingerprint density at radius 1 is 0.377 bits per heavy atom. The molecule has 1 saturated heterocycles. The SMILES string of the molecule is CCCCCC(CCCCC)CCOC=O.CCCCCC(CCCCC)CCOC=O.CCCCCCCCCC(CCCCCCCCC)OCCCN1CCCCC1. The van der Waals surface area contributed by atoms with E-state index in [0.29, 0.717) is 32.3 Å². The van der Waals surface area contributed by atoms with Crippen LogP contribution in [-0.2, 0) is 23.8 Å². The fourth-order valence-corrected chi connectivity index (χ4v) is 8.85. The molecule has 0 unspecified atom stereocenters. The van der Waals surface area contributed by atoms with Crippen molar-refractivity contribution < 1.29 is 23.8 Å². The summed E-state index contributed by atoms with van der Waals surface area (Å²) in [5, 5.41) is 0. The van der Waals surface area contributed by atoms with Gasteiger partial charge in [0.1, 0.15) is 0 Å². The lowest BCUT2D eigenvalue weighted by atomic mass is 9.92. The van der Waals surface area contributed by atoms with Crippen LogP contribution in [0, 0.1) is 11.8 Å². The van der Waals surface area contributed by atoms with Gasteiger partial charge < -0.3 is 19.1 Å². The molecule has 1 fully saturated rings. The number of hydrogen-bond acceptors (Lipinski definition) is 6. The maximum absolute atomic E-state index is 10.1. The highest BCUT2D eigenvalue weighted by atomic mass is 16.5. The van der Waals surface area contributed by atoms with Crippen molar-refractivity contribution in [3.8, 4) is 0 Å². The molecule has 61 heavy (non-hydrogen) atoms. The Kier molecular flexibility index (Phi) is 55.8. The minimum absolute atomic E-state index is 0.530. The first-order chi connectivity index (χ1) is 30.1. The second kappa shape index (κ2) is 55.0. The number of rotatable bonds is 45. The second-order valence-electron chi connectivity index (χ2n) is 18.8. The number of unbranched alkanes of at least 4 members (excludes halogenated alkanes) is 20. The molecule has 0 radical (unpaired) electrons. The van der Waals surface area contributed by atoms with E-state index >= 15 is 0 Å². The largest absolute Gasteiger partial charge is 0.468 e. The molecule has 0 aromatic carbocycles. The first kappa shape index (κ1) is 61.9. The van der Waals surface area contributed by atoms with Crippen LogP contribution < -0.4 is 0 Å². The van der Waals surface area contributed by atoms with Gasteiger partial charge in [0.25, 0.3) is 12.9 Å². The lowest BCUT2D eigenvalue weighted by Crippen LogP contribution is -2.31. The zero-order valence-electron chi connectivity index (χ0n) is 42.5. The van der Waals surface area contributed by atoms with E-state index in [0.717, 1.165) is 31.3 Å². The van der Waals surface area contributed by atoms with E-state index < -0.39 is 0 Å². The number of nitrogens with zero attached hydrogens (tertiary/aromatic N) is 1. The quantitative estimate of drug-likeness (QED) is 0.0449. The maximum atomic E-state index is 10.1. The Labute approximate surface area is 383 Å². The fraction of sp³-hybridized carbons (Fsp3) is 0.964. The first-order valence-electron chi connectivity index (χ1n) is 27.5. The van der Waals surface area contributed by atoms with Crippen LogP contribution in [-0.4, -0.2) is 63.4 Å². The summed E-state index contributed by atoms with van der Waals surface area (Å²) in [5.74, 6) is 1.52. The molecule has 0 aromatic rings. The van der Waals surface area contributed by atoms with Gasteiger partial charge in [0, 0.05) is 13.2 Å². The molecule has 0 amide bonds. The van der Waals surface area contributed by atoms with Crippen molar-refractivity contribution in [1.82, 2.24) is 4.90 Å². The number of hydrogen-bond donors (Lipinski definition) is 0. The summed E-state index contributed by atoms with van der Waals surface area (Å²) in [5.41, 5.74) is 0. The van der Waals surface area contributed by atoms with Crippen molar-refractivity contribution in [3.63, 3.8) is 0 Å². The highest BCUT2D eigenvalue weighted by molar-refractivity contribution is 5.37. The Balaban J connectivity index is 0. The highest BCUT2D eigenvalue weighted by Gasteiger charge is 2.13. The number of ether oxygens (including phenoxy) is 3. The molecule has 6 heteroatoms. The van der Waals surface area contributed by atoms with E-state index in [9.17, 15) is 9.59 Å². The van der Waals surface area contributed by atoms with Crippen molar-refractivity contribution >= 4 is 12.9 Å². The number of carbonyl (C=O) groups excluding carboxylic acids is 2. The Hall–Kier alpha value is -1.14. The summed E-state index contributed by atoms with van der Waals surface area (Å²) >= 11 is 0. The average Bonchev–Trinajstić information content (AvgIpc) is 3.28. The van der Waals surface area contributed by atoms with Crippen LogP contribution in [0.25, 0.3) is 0 Å². The van der Waals surface area contributed by atoms with E-state index in [2.05, 4.69) is 46.4 Å². The van der Waals surface area contributed by atoms with Crippen LogP contribution in [0.4, 0.5) is 0 Å². The molecule has 0 bridgehead atoms. The zero-order chi connectivity index (χ0) is 45.0. The molecule has 366 valence electrons. The molecular formula is C55H111NO5. The lowest BCUT2D eigenvalue weighted by molar-refractivity contribution is -0.129. The van der Waals surface area contributed by atoms with E-state index in [1.807, 2.05) is 0 Å². The minimum atomic E-state index is 0.530. The second-order valence-corrected chi connectivity index (χ2v) is 18.8. The number of carbonyl (C=O) groups is 2. The van der Waals surface area contributed by atoms with Crippen LogP contribution in [0.2, 0.25) is 0 Å². The maximum Gasteiger partial charge on any atom is 0.293 e. The van der Waals surface area contributed by atoms with Crippen LogP contribution in [0.15, 0.2) is 0 Å². The van der Waals surface area contributed by atoms with Crippen LogP contribution in [0.5, 0.6) is 0 Å². The Morgan fingerprint density at radius 3 is 1.07 bits per heavy atom. The van der Waals surface area contributed by atoms with Gasteiger partial charge in [0.2, 0.25) is 0 Å². The monoisotopic (exact) mass is 866 g/mol. The smallest absolute Gasteiger partial charge is 0.293 e. The van der Waals surface area contributed by atoms with Gasteiger partial charge in [-0.3, -0.25) is 9.59 Å². The molecule has 0 N–H and O–H groups in total. The molecule has 6 nitrogen and oxygen atoms in total. The van der Waals surface area contributed by atoms with Crippen LogP contribution in [0.1, 0.15) is 286 Å². The van der Waals surface area contributed by atoms with Crippen LogP contribution in [0.3, 0.4) is 0 Å². The molecule has 0 saturated carbocycles.